The zero-order valence-corrected chi connectivity index (χ0v) is 7.04. The fourth-order valence-corrected chi connectivity index (χ4v) is 1.27. The van der Waals surface area contributed by atoms with Crippen LogP contribution in [-0.4, -0.2) is 28.6 Å². The third-order valence-electron chi connectivity index (χ3n) is 1.31. The van der Waals surface area contributed by atoms with Gasteiger partial charge in [-0.2, -0.15) is 5.10 Å². The van der Waals surface area contributed by atoms with Gasteiger partial charge >= 0.3 is 0 Å². The second-order valence-electron chi connectivity index (χ2n) is 2.20. The van der Waals surface area contributed by atoms with E-state index in [4.69, 9.17) is 17.2 Å². The molecule has 66 valence electrons. The lowest BCUT2D eigenvalue weighted by Crippen LogP contribution is -2.45. The second kappa shape index (κ2) is 3.55. The van der Waals surface area contributed by atoms with Crippen molar-refractivity contribution in [2.24, 2.45) is 27.4 Å². The number of hydrogen-bond donors (Lipinski definition) is 3. The monoisotopic (exact) mass is 187 g/mol. The number of primary amides is 1. The van der Waals surface area contributed by atoms with E-state index in [0.717, 1.165) is 0 Å². The summed E-state index contributed by atoms with van der Waals surface area (Å²) in [6.07, 6.45) is 0. The SMILES string of the molecule is NC(=O)C(N)C1=NN=C(N)SC1. The lowest BCUT2D eigenvalue weighted by molar-refractivity contribution is -0.117. The van der Waals surface area contributed by atoms with Crippen LogP contribution in [0.2, 0.25) is 0 Å². The van der Waals surface area contributed by atoms with Gasteiger partial charge in [0.05, 0.1) is 5.71 Å². The molecule has 1 aliphatic rings. The highest BCUT2D eigenvalue weighted by Gasteiger charge is 2.19. The van der Waals surface area contributed by atoms with Crippen molar-refractivity contribution in [1.82, 2.24) is 0 Å². The van der Waals surface area contributed by atoms with Crippen molar-refractivity contribution in [2.45, 2.75) is 6.04 Å². The Hall–Kier alpha value is -1.08. The molecule has 6 N–H and O–H groups in total. The molecule has 1 aliphatic heterocycles. The topological polar surface area (TPSA) is 120 Å². The minimum atomic E-state index is -0.852. The normalized spacial score (nSPS) is 19.4. The Morgan fingerprint density at radius 3 is 2.67 bits per heavy atom. The number of nitrogens with two attached hydrogens (primary N) is 3. The Labute approximate surface area is 73.3 Å². The van der Waals surface area contributed by atoms with Crippen LogP contribution in [0.1, 0.15) is 0 Å². The maximum absolute atomic E-state index is 10.6. The largest absolute Gasteiger partial charge is 0.377 e. The van der Waals surface area contributed by atoms with Crippen LogP contribution in [0.5, 0.6) is 0 Å². The standard InChI is InChI=1S/C5H9N5OS/c6-3(4(7)11)2-1-12-5(8)10-9-2/h3H,1,6H2,(H2,7,11)(H2,8,10). The smallest absolute Gasteiger partial charge is 0.240 e. The quantitative estimate of drug-likeness (QED) is 0.473. The van der Waals surface area contributed by atoms with Crippen LogP contribution in [0.15, 0.2) is 10.2 Å². The van der Waals surface area contributed by atoms with Gasteiger partial charge in [0.2, 0.25) is 5.91 Å². The number of hydrogen-bond acceptors (Lipinski definition) is 6. The highest BCUT2D eigenvalue weighted by molar-refractivity contribution is 8.14. The predicted octanol–water partition coefficient (Wildman–Crippen LogP) is -1.78. The number of carbonyl (C=O) groups excluding carboxylic acids is 1. The molecule has 0 aromatic rings. The van der Waals surface area contributed by atoms with Gasteiger partial charge in [0.15, 0.2) is 5.17 Å². The highest BCUT2D eigenvalue weighted by atomic mass is 32.2. The van der Waals surface area contributed by atoms with Crippen LogP contribution in [0.4, 0.5) is 0 Å². The maximum Gasteiger partial charge on any atom is 0.240 e. The molecule has 0 bridgehead atoms. The van der Waals surface area contributed by atoms with Gasteiger partial charge in [-0.1, -0.05) is 11.8 Å². The Balaban J connectivity index is 2.71. The van der Waals surface area contributed by atoms with Crippen molar-refractivity contribution in [3.63, 3.8) is 0 Å². The first-order chi connectivity index (χ1) is 5.61. The van der Waals surface area contributed by atoms with Crippen molar-refractivity contribution in [3.8, 4) is 0 Å². The van der Waals surface area contributed by atoms with Gasteiger partial charge in [0.25, 0.3) is 0 Å². The summed E-state index contributed by atoms with van der Waals surface area (Å²) < 4.78 is 0. The fraction of sp³-hybridized carbons (Fsp3) is 0.400. The molecule has 0 saturated heterocycles. The molecule has 12 heavy (non-hydrogen) atoms. The zero-order valence-electron chi connectivity index (χ0n) is 6.23. The molecular weight excluding hydrogens is 178 g/mol. The van der Waals surface area contributed by atoms with Crippen LogP contribution < -0.4 is 17.2 Å². The molecule has 0 aromatic carbocycles. The molecular formula is C5H9N5OS. The zero-order chi connectivity index (χ0) is 9.14. The first-order valence-corrected chi connectivity index (χ1v) is 4.17. The minimum Gasteiger partial charge on any atom is -0.377 e. The van der Waals surface area contributed by atoms with Gasteiger partial charge in [-0.3, -0.25) is 4.79 Å². The summed E-state index contributed by atoms with van der Waals surface area (Å²) in [7, 11) is 0. The Morgan fingerprint density at radius 1 is 1.58 bits per heavy atom. The maximum atomic E-state index is 10.6. The van der Waals surface area contributed by atoms with Gasteiger partial charge in [0, 0.05) is 5.75 Å². The van der Waals surface area contributed by atoms with Crippen molar-refractivity contribution >= 4 is 28.5 Å². The third-order valence-corrected chi connectivity index (χ3v) is 2.13. The summed E-state index contributed by atoms with van der Waals surface area (Å²) in [5, 5.41) is 7.61. The number of carbonyl (C=O) groups is 1. The average Bonchev–Trinajstić information content (AvgIpc) is 2.04. The molecule has 0 spiro atoms. The first-order valence-electron chi connectivity index (χ1n) is 3.19. The van der Waals surface area contributed by atoms with E-state index in [1.165, 1.54) is 11.8 Å². The predicted molar refractivity (Wildman–Crippen MR) is 48.7 cm³/mol. The summed E-state index contributed by atoms with van der Waals surface area (Å²) in [5.74, 6) is -0.135. The number of amides is 1. The van der Waals surface area contributed by atoms with Crippen molar-refractivity contribution in [1.29, 1.82) is 0 Å². The van der Waals surface area contributed by atoms with Crippen molar-refractivity contribution in [2.75, 3.05) is 5.75 Å². The fourth-order valence-electron chi connectivity index (χ4n) is 0.635. The van der Waals surface area contributed by atoms with E-state index in [1.54, 1.807) is 0 Å². The number of thioether (sulfide) groups is 1. The van der Waals surface area contributed by atoms with Gasteiger partial charge in [0.1, 0.15) is 6.04 Å². The van der Waals surface area contributed by atoms with Crippen LogP contribution in [0.25, 0.3) is 0 Å². The van der Waals surface area contributed by atoms with E-state index < -0.39 is 11.9 Å². The summed E-state index contributed by atoms with van der Waals surface area (Å²) in [6.45, 7) is 0. The van der Waals surface area contributed by atoms with E-state index in [0.29, 0.717) is 16.6 Å². The highest BCUT2D eigenvalue weighted by Crippen LogP contribution is 2.08. The summed E-state index contributed by atoms with van der Waals surface area (Å²) in [5.41, 5.74) is 16.2. The molecule has 1 unspecified atom stereocenters. The van der Waals surface area contributed by atoms with Gasteiger partial charge in [-0.15, -0.1) is 5.10 Å². The van der Waals surface area contributed by atoms with Crippen LogP contribution in [0.3, 0.4) is 0 Å². The van der Waals surface area contributed by atoms with E-state index in [1.807, 2.05) is 0 Å². The third kappa shape index (κ3) is 1.95. The molecule has 1 heterocycles. The van der Waals surface area contributed by atoms with Crippen LogP contribution >= 0.6 is 11.8 Å². The van der Waals surface area contributed by atoms with Gasteiger partial charge in [-0.25, -0.2) is 0 Å². The van der Waals surface area contributed by atoms with E-state index >= 15 is 0 Å². The van der Waals surface area contributed by atoms with E-state index in [9.17, 15) is 4.79 Å². The Kier molecular flexibility index (Phi) is 2.66. The molecule has 0 radical (unpaired) electrons. The van der Waals surface area contributed by atoms with Gasteiger partial charge in [-0.05, 0) is 0 Å². The number of nitrogens with zero attached hydrogens (tertiary/aromatic N) is 2. The minimum absolute atomic E-state index is 0.371. The molecule has 0 saturated carbocycles. The molecule has 1 amide bonds. The summed E-state index contributed by atoms with van der Waals surface area (Å²) in [4.78, 5) is 10.6. The number of amidine groups is 1. The lowest BCUT2D eigenvalue weighted by Gasteiger charge is -2.12. The lowest BCUT2D eigenvalue weighted by atomic mass is 10.2. The van der Waals surface area contributed by atoms with Gasteiger partial charge < -0.3 is 17.2 Å². The molecule has 6 nitrogen and oxygen atoms in total. The molecule has 0 aromatic heterocycles. The Bertz CT molecular complexity index is 261. The van der Waals surface area contributed by atoms with Crippen LogP contribution in [-0.2, 0) is 4.79 Å². The van der Waals surface area contributed by atoms with Crippen molar-refractivity contribution < 1.29 is 4.79 Å². The molecule has 0 aliphatic carbocycles. The van der Waals surface area contributed by atoms with Crippen LogP contribution in [0, 0.1) is 0 Å². The number of rotatable bonds is 2. The van der Waals surface area contributed by atoms with E-state index in [2.05, 4.69) is 10.2 Å². The molecule has 7 heteroatoms. The second-order valence-corrected chi connectivity index (χ2v) is 3.19. The van der Waals surface area contributed by atoms with Crippen molar-refractivity contribution in [3.05, 3.63) is 0 Å². The van der Waals surface area contributed by atoms with E-state index in [-0.39, 0.29) is 0 Å². The molecule has 0 fully saturated rings. The first kappa shape index (κ1) is 9.01. The Morgan fingerprint density at radius 2 is 2.25 bits per heavy atom. The average molecular weight is 187 g/mol. The molecule has 1 rings (SSSR count). The summed E-state index contributed by atoms with van der Waals surface area (Å²) in [6, 6.07) is -0.852. The molecule has 1 atom stereocenters. The summed E-state index contributed by atoms with van der Waals surface area (Å²) >= 11 is 1.28.